The summed E-state index contributed by atoms with van der Waals surface area (Å²) in [4.78, 5) is 2.47. The topological polar surface area (TPSA) is 38.5 Å². The van der Waals surface area contributed by atoms with E-state index in [1.807, 2.05) is 6.07 Å². The first-order chi connectivity index (χ1) is 11.2. The maximum atomic E-state index is 5.96. The first-order valence-corrected chi connectivity index (χ1v) is 8.61. The molecule has 0 amide bonds. The lowest BCUT2D eigenvalue weighted by atomic mass is 10.1. The number of rotatable bonds is 6. The number of benzene rings is 1. The molecule has 0 N–H and O–H groups in total. The molecular formula is C19H26N2O2. The standard InChI is InChI=1S/C19H26N2O2/c1-4-16-12-19(23-20-16)17-9-7-11-21(17)13-15-8-5-6-10-18(15)22-14(2)3/h5-6,8,10,12,14,17H,4,7,9,11,13H2,1-3H3. The summed E-state index contributed by atoms with van der Waals surface area (Å²) in [7, 11) is 0. The van der Waals surface area contributed by atoms with E-state index in [2.05, 4.69) is 55.1 Å². The van der Waals surface area contributed by atoms with Gasteiger partial charge in [0.2, 0.25) is 0 Å². The lowest BCUT2D eigenvalue weighted by molar-refractivity contribution is 0.197. The molecule has 0 radical (unpaired) electrons. The van der Waals surface area contributed by atoms with Gasteiger partial charge in [0.15, 0.2) is 5.76 Å². The van der Waals surface area contributed by atoms with Gasteiger partial charge in [-0.1, -0.05) is 30.3 Å². The molecule has 1 aromatic heterocycles. The molecule has 2 heterocycles. The third-order valence-corrected chi connectivity index (χ3v) is 4.34. The predicted octanol–water partition coefficient (Wildman–Crippen LogP) is 4.36. The summed E-state index contributed by atoms with van der Waals surface area (Å²) in [6.07, 6.45) is 3.43. The predicted molar refractivity (Wildman–Crippen MR) is 90.5 cm³/mol. The molecular weight excluding hydrogens is 288 g/mol. The zero-order valence-electron chi connectivity index (χ0n) is 14.3. The van der Waals surface area contributed by atoms with Crippen molar-refractivity contribution in [2.24, 2.45) is 0 Å². The van der Waals surface area contributed by atoms with Gasteiger partial charge in [-0.2, -0.15) is 0 Å². The van der Waals surface area contributed by atoms with E-state index in [9.17, 15) is 0 Å². The number of nitrogens with zero attached hydrogens (tertiary/aromatic N) is 2. The normalized spacial score (nSPS) is 18.7. The molecule has 1 aliphatic heterocycles. The van der Waals surface area contributed by atoms with Crippen LogP contribution in [0.15, 0.2) is 34.9 Å². The van der Waals surface area contributed by atoms with Crippen LogP contribution in [0.1, 0.15) is 56.7 Å². The second kappa shape index (κ2) is 7.18. The van der Waals surface area contributed by atoms with Crippen LogP contribution < -0.4 is 4.74 Å². The van der Waals surface area contributed by atoms with Gasteiger partial charge < -0.3 is 9.26 Å². The summed E-state index contributed by atoms with van der Waals surface area (Å²) in [6.45, 7) is 8.21. The van der Waals surface area contributed by atoms with Crippen molar-refractivity contribution < 1.29 is 9.26 Å². The van der Waals surface area contributed by atoms with Crippen LogP contribution in [0.4, 0.5) is 0 Å². The number of likely N-dealkylation sites (tertiary alicyclic amines) is 1. The van der Waals surface area contributed by atoms with Crippen LogP contribution >= 0.6 is 0 Å². The van der Waals surface area contributed by atoms with E-state index in [1.54, 1.807) is 0 Å². The van der Waals surface area contributed by atoms with Crippen LogP contribution in [-0.4, -0.2) is 22.7 Å². The Kier molecular flexibility index (Phi) is 5.01. The Morgan fingerprint density at radius 2 is 2.17 bits per heavy atom. The molecule has 0 aliphatic carbocycles. The van der Waals surface area contributed by atoms with Crippen molar-refractivity contribution in [3.63, 3.8) is 0 Å². The molecule has 0 spiro atoms. The molecule has 2 aromatic rings. The SMILES string of the molecule is CCc1cc(C2CCCN2Cc2ccccc2OC(C)C)on1. The van der Waals surface area contributed by atoms with Crippen LogP contribution in [0, 0.1) is 0 Å². The lowest BCUT2D eigenvalue weighted by Crippen LogP contribution is -2.23. The zero-order valence-corrected chi connectivity index (χ0v) is 14.3. The van der Waals surface area contributed by atoms with E-state index in [4.69, 9.17) is 9.26 Å². The summed E-state index contributed by atoms with van der Waals surface area (Å²) in [5.74, 6) is 1.99. The van der Waals surface area contributed by atoms with Crippen molar-refractivity contribution in [1.82, 2.24) is 10.1 Å². The van der Waals surface area contributed by atoms with Crippen LogP contribution in [-0.2, 0) is 13.0 Å². The average molecular weight is 314 g/mol. The highest BCUT2D eigenvalue weighted by molar-refractivity contribution is 5.33. The zero-order chi connectivity index (χ0) is 16.2. The summed E-state index contributed by atoms with van der Waals surface area (Å²) in [6, 6.07) is 10.8. The molecule has 1 fully saturated rings. The molecule has 3 rings (SSSR count). The molecule has 0 saturated carbocycles. The molecule has 1 atom stereocenters. The third-order valence-electron chi connectivity index (χ3n) is 4.34. The fourth-order valence-electron chi connectivity index (χ4n) is 3.21. The minimum absolute atomic E-state index is 0.187. The number of hydrogen-bond donors (Lipinski definition) is 0. The minimum Gasteiger partial charge on any atom is -0.491 e. The Morgan fingerprint density at radius 1 is 1.35 bits per heavy atom. The maximum absolute atomic E-state index is 5.96. The number of para-hydroxylation sites is 1. The Balaban J connectivity index is 1.76. The summed E-state index contributed by atoms with van der Waals surface area (Å²) in [5, 5.41) is 4.15. The van der Waals surface area contributed by atoms with Crippen molar-refractivity contribution in [2.75, 3.05) is 6.54 Å². The summed E-state index contributed by atoms with van der Waals surface area (Å²) >= 11 is 0. The van der Waals surface area contributed by atoms with Gasteiger partial charge in [0.05, 0.1) is 17.8 Å². The van der Waals surface area contributed by atoms with Gasteiger partial charge in [-0.05, 0) is 45.7 Å². The number of hydrogen-bond acceptors (Lipinski definition) is 4. The lowest BCUT2D eigenvalue weighted by Gasteiger charge is -2.24. The first-order valence-electron chi connectivity index (χ1n) is 8.61. The second-order valence-electron chi connectivity index (χ2n) is 6.48. The molecule has 23 heavy (non-hydrogen) atoms. The molecule has 1 saturated heterocycles. The van der Waals surface area contributed by atoms with Gasteiger partial charge in [0.25, 0.3) is 0 Å². The van der Waals surface area contributed by atoms with E-state index >= 15 is 0 Å². The summed E-state index contributed by atoms with van der Waals surface area (Å²) < 4.78 is 11.5. The Hall–Kier alpha value is -1.81. The minimum atomic E-state index is 0.187. The van der Waals surface area contributed by atoms with Crippen LogP contribution in [0.3, 0.4) is 0 Å². The monoisotopic (exact) mass is 314 g/mol. The molecule has 1 unspecified atom stereocenters. The molecule has 0 bridgehead atoms. The first kappa shape index (κ1) is 16.1. The second-order valence-corrected chi connectivity index (χ2v) is 6.48. The van der Waals surface area contributed by atoms with E-state index in [0.29, 0.717) is 6.04 Å². The van der Waals surface area contributed by atoms with Crippen molar-refractivity contribution in [3.05, 3.63) is 47.3 Å². The molecule has 4 heteroatoms. The maximum Gasteiger partial charge on any atom is 0.154 e. The van der Waals surface area contributed by atoms with Crippen molar-refractivity contribution >= 4 is 0 Å². The van der Waals surface area contributed by atoms with Gasteiger partial charge in [0, 0.05) is 18.2 Å². The summed E-state index contributed by atoms with van der Waals surface area (Å²) in [5.41, 5.74) is 2.28. The van der Waals surface area contributed by atoms with Gasteiger partial charge in [-0.25, -0.2) is 0 Å². The number of ether oxygens (including phenoxy) is 1. The third kappa shape index (κ3) is 3.75. The largest absolute Gasteiger partial charge is 0.491 e. The smallest absolute Gasteiger partial charge is 0.154 e. The van der Waals surface area contributed by atoms with Gasteiger partial charge in [-0.15, -0.1) is 0 Å². The highest BCUT2D eigenvalue weighted by Gasteiger charge is 2.29. The van der Waals surface area contributed by atoms with Crippen LogP contribution in [0.2, 0.25) is 0 Å². The van der Waals surface area contributed by atoms with Crippen molar-refractivity contribution in [3.8, 4) is 5.75 Å². The van der Waals surface area contributed by atoms with E-state index in [1.165, 1.54) is 12.0 Å². The van der Waals surface area contributed by atoms with Gasteiger partial charge >= 0.3 is 0 Å². The average Bonchev–Trinajstić information content (AvgIpc) is 3.17. The molecule has 124 valence electrons. The van der Waals surface area contributed by atoms with Crippen LogP contribution in [0.25, 0.3) is 0 Å². The number of aromatic nitrogens is 1. The van der Waals surface area contributed by atoms with E-state index in [-0.39, 0.29) is 6.10 Å². The highest BCUT2D eigenvalue weighted by atomic mass is 16.5. The molecule has 1 aromatic carbocycles. The molecule has 1 aliphatic rings. The Bertz CT molecular complexity index is 636. The Morgan fingerprint density at radius 3 is 2.91 bits per heavy atom. The van der Waals surface area contributed by atoms with Gasteiger partial charge in [0.1, 0.15) is 5.75 Å². The van der Waals surface area contributed by atoms with Gasteiger partial charge in [-0.3, -0.25) is 4.90 Å². The Labute approximate surface area is 138 Å². The van der Waals surface area contributed by atoms with E-state index < -0.39 is 0 Å². The van der Waals surface area contributed by atoms with Crippen LogP contribution in [0.5, 0.6) is 5.75 Å². The molecule has 4 nitrogen and oxygen atoms in total. The quantitative estimate of drug-likeness (QED) is 0.794. The fraction of sp³-hybridized carbons (Fsp3) is 0.526. The van der Waals surface area contributed by atoms with E-state index in [0.717, 1.165) is 43.1 Å². The van der Waals surface area contributed by atoms with Crippen molar-refractivity contribution in [1.29, 1.82) is 0 Å². The van der Waals surface area contributed by atoms with Crippen molar-refractivity contribution in [2.45, 2.75) is 58.7 Å². The fourth-order valence-corrected chi connectivity index (χ4v) is 3.21. The number of aryl methyl sites for hydroxylation is 1. The highest BCUT2D eigenvalue weighted by Crippen LogP contribution is 2.35.